The fourth-order valence-corrected chi connectivity index (χ4v) is 3.10. The van der Waals surface area contributed by atoms with Crippen LogP contribution in [-0.2, 0) is 11.2 Å². The van der Waals surface area contributed by atoms with Crippen LogP contribution in [0.15, 0.2) is 59.0 Å². The van der Waals surface area contributed by atoms with Crippen molar-refractivity contribution in [3.63, 3.8) is 0 Å². The second-order valence-corrected chi connectivity index (χ2v) is 8.30. The molecule has 0 radical (unpaired) electrons. The van der Waals surface area contributed by atoms with Gasteiger partial charge in [0.15, 0.2) is 0 Å². The molecule has 0 bridgehead atoms. The van der Waals surface area contributed by atoms with Gasteiger partial charge in [0.2, 0.25) is 17.7 Å². The van der Waals surface area contributed by atoms with E-state index < -0.39 is 0 Å². The van der Waals surface area contributed by atoms with Gasteiger partial charge in [-0.15, -0.1) is 10.2 Å². The molecule has 1 atom stereocenters. The SMILES string of the molecule is CC(C)(C)CC(NC(=O)CCc1nnc(-c2ccccc2)o1)c1ccc(F)cc1. The third-order valence-corrected chi connectivity index (χ3v) is 4.48. The van der Waals surface area contributed by atoms with Gasteiger partial charge in [0.05, 0.1) is 6.04 Å². The Balaban J connectivity index is 1.61. The van der Waals surface area contributed by atoms with E-state index in [-0.39, 0.29) is 29.6 Å². The molecule has 0 aliphatic rings. The summed E-state index contributed by atoms with van der Waals surface area (Å²) in [6.07, 6.45) is 1.33. The quantitative estimate of drug-likeness (QED) is 0.604. The van der Waals surface area contributed by atoms with Crippen LogP contribution in [0.25, 0.3) is 11.5 Å². The van der Waals surface area contributed by atoms with Crippen molar-refractivity contribution in [2.45, 2.75) is 46.1 Å². The third-order valence-electron chi connectivity index (χ3n) is 4.48. The van der Waals surface area contributed by atoms with Gasteiger partial charge in [-0.1, -0.05) is 51.1 Å². The molecular formula is C23H26FN3O2. The molecule has 0 saturated carbocycles. The minimum absolute atomic E-state index is 0.00338. The van der Waals surface area contributed by atoms with Crippen molar-refractivity contribution in [1.29, 1.82) is 0 Å². The van der Waals surface area contributed by atoms with Gasteiger partial charge in [-0.3, -0.25) is 4.79 Å². The van der Waals surface area contributed by atoms with Crippen LogP contribution in [0.1, 0.15) is 51.1 Å². The average molecular weight is 395 g/mol. The molecule has 5 nitrogen and oxygen atoms in total. The van der Waals surface area contributed by atoms with Crippen molar-refractivity contribution in [1.82, 2.24) is 15.5 Å². The summed E-state index contributed by atoms with van der Waals surface area (Å²) in [4.78, 5) is 12.6. The summed E-state index contributed by atoms with van der Waals surface area (Å²) in [5.74, 6) is 0.467. The zero-order valence-corrected chi connectivity index (χ0v) is 17.0. The smallest absolute Gasteiger partial charge is 0.247 e. The fraction of sp³-hybridized carbons (Fsp3) is 0.348. The highest BCUT2D eigenvalue weighted by Crippen LogP contribution is 2.29. The minimum atomic E-state index is -0.291. The predicted octanol–water partition coefficient (Wildman–Crippen LogP) is 5.10. The van der Waals surface area contributed by atoms with Crippen LogP contribution in [0.3, 0.4) is 0 Å². The summed E-state index contributed by atoms with van der Waals surface area (Å²) >= 11 is 0. The van der Waals surface area contributed by atoms with Crippen LogP contribution >= 0.6 is 0 Å². The molecule has 1 heterocycles. The van der Waals surface area contributed by atoms with Crippen LogP contribution in [0.2, 0.25) is 0 Å². The molecule has 0 saturated heterocycles. The number of nitrogens with zero attached hydrogens (tertiary/aromatic N) is 2. The number of carbonyl (C=O) groups excluding carboxylic acids is 1. The lowest BCUT2D eigenvalue weighted by atomic mass is 9.85. The van der Waals surface area contributed by atoms with E-state index in [0.29, 0.717) is 18.2 Å². The van der Waals surface area contributed by atoms with E-state index in [1.807, 2.05) is 30.3 Å². The largest absolute Gasteiger partial charge is 0.421 e. The molecule has 1 N–H and O–H groups in total. The highest BCUT2D eigenvalue weighted by Gasteiger charge is 2.22. The van der Waals surface area contributed by atoms with E-state index in [4.69, 9.17) is 4.42 Å². The van der Waals surface area contributed by atoms with Gasteiger partial charge in [0.1, 0.15) is 5.82 Å². The second kappa shape index (κ2) is 8.99. The Bertz CT molecular complexity index is 931. The summed E-state index contributed by atoms with van der Waals surface area (Å²) in [6, 6.07) is 15.6. The van der Waals surface area contributed by atoms with Gasteiger partial charge in [0, 0.05) is 18.4 Å². The molecule has 1 amide bonds. The number of hydrogen-bond donors (Lipinski definition) is 1. The Labute approximate surface area is 170 Å². The molecule has 3 rings (SSSR count). The molecule has 0 aliphatic carbocycles. The fourth-order valence-electron chi connectivity index (χ4n) is 3.10. The van der Waals surface area contributed by atoms with Crippen molar-refractivity contribution < 1.29 is 13.6 Å². The lowest BCUT2D eigenvalue weighted by Crippen LogP contribution is -2.31. The number of amides is 1. The first kappa shape index (κ1) is 20.7. The Morgan fingerprint density at radius 3 is 2.41 bits per heavy atom. The second-order valence-electron chi connectivity index (χ2n) is 8.30. The van der Waals surface area contributed by atoms with E-state index in [2.05, 4.69) is 36.3 Å². The predicted molar refractivity (Wildman–Crippen MR) is 109 cm³/mol. The summed E-state index contributed by atoms with van der Waals surface area (Å²) in [5, 5.41) is 11.1. The molecule has 0 fully saturated rings. The van der Waals surface area contributed by atoms with Crippen molar-refractivity contribution in [3.05, 3.63) is 71.9 Å². The molecule has 29 heavy (non-hydrogen) atoms. The van der Waals surface area contributed by atoms with Gasteiger partial charge in [-0.25, -0.2) is 4.39 Å². The lowest BCUT2D eigenvalue weighted by Gasteiger charge is -2.27. The number of aryl methyl sites for hydroxylation is 1. The Morgan fingerprint density at radius 1 is 1.07 bits per heavy atom. The number of carbonyl (C=O) groups is 1. The van der Waals surface area contributed by atoms with Crippen molar-refractivity contribution in [2.75, 3.05) is 0 Å². The zero-order valence-electron chi connectivity index (χ0n) is 17.0. The van der Waals surface area contributed by atoms with Gasteiger partial charge < -0.3 is 9.73 Å². The maximum absolute atomic E-state index is 13.3. The first-order valence-electron chi connectivity index (χ1n) is 9.73. The van der Waals surface area contributed by atoms with E-state index in [9.17, 15) is 9.18 Å². The van der Waals surface area contributed by atoms with Crippen LogP contribution in [0.4, 0.5) is 4.39 Å². The lowest BCUT2D eigenvalue weighted by molar-refractivity contribution is -0.122. The number of hydrogen-bond acceptors (Lipinski definition) is 4. The highest BCUT2D eigenvalue weighted by atomic mass is 19.1. The molecule has 1 unspecified atom stereocenters. The number of nitrogens with one attached hydrogen (secondary N) is 1. The van der Waals surface area contributed by atoms with Crippen molar-refractivity contribution in [2.24, 2.45) is 5.41 Å². The van der Waals surface area contributed by atoms with Crippen molar-refractivity contribution in [3.8, 4) is 11.5 Å². The van der Waals surface area contributed by atoms with Gasteiger partial charge in [-0.2, -0.15) is 0 Å². The minimum Gasteiger partial charge on any atom is -0.421 e. The molecule has 0 aliphatic heterocycles. The first-order chi connectivity index (χ1) is 13.8. The van der Waals surface area contributed by atoms with Crippen LogP contribution in [0, 0.1) is 11.2 Å². The number of aromatic nitrogens is 2. The third kappa shape index (κ3) is 6.24. The van der Waals surface area contributed by atoms with Crippen LogP contribution in [0.5, 0.6) is 0 Å². The topological polar surface area (TPSA) is 68.0 Å². The standard InChI is InChI=1S/C23H26FN3O2/c1-23(2,3)15-19(16-9-11-18(24)12-10-16)25-20(28)13-14-21-26-27-22(29-21)17-7-5-4-6-8-17/h4-12,19H,13-15H2,1-3H3,(H,25,28). The Morgan fingerprint density at radius 2 is 1.76 bits per heavy atom. The molecule has 2 aromatic carbocycles. The summed E-state index contributed by atoms with van der Waals surface area (Å²) in [5.41, 5.74) is 1.74. The molecule has 3 aromatic rings. The normalized spacial score (nSPS) is 12.6. The van der Waals surface area contributed by atoms with E-state index in [0.717, 1.165) is 17.5 Å². The summed E-state index contributed by atoms with van der Waals surface area (Å²) < 4.78 is 18.9. The highest BCUT2D eigenvalue weighted by molar-refractivity contribution is 5.76. The Hall–Kier alpha value is -3.02. The maximum atomic E-state index is 13.3. The van der Waals surface area contributed by atoms with Gasteiger partial charge >= 0.3 is 0 Å². The van der Waals surface area contributed by atoms with Crippen molar-refractivity contribution >= 4 is 5.91 Å². The number of halogens is 1. The number of rotatable bonds is 7. The summed E-state index contributed by atoms with van der Waals surface area (Å²) in [7, 11) is 0. The van der Waals surface area contributed by atoms with Crippen LogP contribution in [-0.4, -0.2) is 16.1 Å². The zero-order chi connectivity index (χ0) is 20.9. The maximum Gasteiger partial charge on any atom is 0.247 e. The molecular weight excluding hydrogens is 369 g/mol. The van der Waals surface area contributed by atoms with E-state index in [1.165, 1.54) is 12.1 Å². The van der Waals surface area contributed by atoms with Gasteiger partial charge in [0.25, 0.3) is 0 Å². The molecule has 0 spiro atoms. The monoisotopic (exact) mass is 395 g/mol. The van der Waals surface area contributed by atoms with Gasteiger partial charge in [-0.05, 0) is 41.7 Å². The molecule has 152 valence electrons. The average Bonchev–Trinajstić information content (AvgIpc) is 3.15. The van der Waals surface area contributed by atoms with E-state index >= 15 is 0 Å². The summed E-state index contributed by atoms with van der Waals surface area (Å²) in [6.45, 7) is 6.33. The first-order valence-corrected chi connectivity index (χ1v) is 9.73. The molecule has 1 aromatic heterocycles. The Kier molecular flexibility index (Phi) is 6.42. The number of benzene rings is 2. The van der Waals surface area contributed by atoms with E-state index in [1.54, 1.807) is 12.1 Å². The van der Waals surface area contributed by atoms with Crippen LogP contribution < -0.4 is 5.32 Å². The molecule has 6 heteroatoms.